The van der Waals surface area contributed by atoms with Crippen molar-refractivity contribution in [3.63, 3.8) is 0 Å². The van der Waals surface area contributed by atoms with Crippen LogP contribution in [0.5, 0.6) is 0 Å². The van der Waals surface area contributed by atoms with Gasteiger partial charge in [0.25, 0.3) is 0 Å². The van der Waals surface area contributed by atoms with Gasteiger partial charge in [-0.1, -0.05) is 19.1 Å². The number of carboxylic acid groups (broad SMARTS) is 1. The van der Waals surface area contributed by atoms with Gasteiger partial charge in [-0.3, -0.25) is 14.6 Å². The molecular weight excluding hydrogens is 466 g/mol. The lowest BCUT2D eigenvalue weighted by Crippen LogP contribution is -2.32. The van der Waals surface area contributed by atoms with Crippen LogP contribution >= 0.6 is 11.8 Å². The Bertz CT molecular complexity index is 1310. The third-order valence-corrected chi connectivity index (χ3v) is 6.57. The van der Waals surface area contributed by atoms with Gasteiger partial charge in [0.15, 0.2) is 5.78 Å². The van der Waals surface area contributed by atoms with Crippen LogP contribution in [0.2, 0.25) is 0 Å². The van der Waals surface area contributed by atoms with Crippen LogP contribution in [0.1, 0.15) is 43.1 Å². The number of hydrogen-bond donors (Lipinski definition) is 2. The molecule has 2 aromatic carbocycles. The van der Waals surface area contributed by atoms with Crippen molar-refractivity contribution >= 4 is 52.1 Å². The molecule has 9 heteroatoms. The Morgan fingerprint density at radius 3 is 2.54 bits per heavy atom. The van der Waals surface area contributed by atoms with Gasteiger partial charge in [-0.25, -0.2) is 4.79 Å². The number of fused-ring (bicyclic) bond motifs is 1. The fourth-order valence-corrected chi connectivity index (χ4v) is 4.63. The summed E-state index contributed by atoms with van der Waals surface area (Å²) in [7, 11) is 0. The number of hydrogen-bond acceptors (Lipinski definition) is 8. The first-order valence-electron chi connectivity index (χ1n) is 11.4. The van der Waals surface area contributed by atoms with Crippen molar-refractivity contribution in [3.05, 3.63) is 64.0 Å². The van der Waals surface area contributed by atoms with Gasteiger partial charge in [0.05, 0.1) is 11.3 Å². The summed E-state index contributed by atoms with van der Waals surface area (Å²) in [5, 5.41) is 9.83. The van der Waals surface area contributed by atoms with Gasteiger partial charge in [-0.05, 0) is 43.9 Å². The summed E-state index contributed by atoms with van der Waals surface area (Å²) in [6, 6.07) is 11.1. The summed E-state index contributed by atoms with van der Waals surface area (Å²) in [6.45, 7) is 7.81. The van der Waals surface area contributed by atoms with E-state index >= 15 is 0 Å². The number of para-hydroxylation sites is 1. The lowest BCUT2D eigenvalue weighted by Gasteiger charge is -2.21. The number of carbonyl (C=O) groups is 2. The molecule has 0 bridgehead atoms. The normalized spacial score (nSPS) is 12.2. The highest BCUT2D eigenvalue weighted by Crippen LogP contribution is 2.32. The molecular formula is C26H29N3O5S. The molecule has 1 aromatic heterocycles. The van der Waals surface area contributed by atoms with Crippen molar-refractivity contribution in [2.75, 3.05) is 23.7 Å². The van der Waals surface area contributed by atoms with Crippen molar-refractivity contribution in [1.82, 2.24) is 0 Å². The second-order valence-corrected chi connectivity index (χ2v) is 9.04. The van der Waals surface area contributed by atoms with Gasteiger partial charge in [0, 0.05) is 53.3 Å². The maximum absolute atomic E-state index is 13.0. The van der Waals surface area contributed by atoms with Crippen molar-refractivity contribution in [1.29, 1.82) is 0 Å². The van der Waals surface area contributed by atoms with Crippen molar-refractivity contribution in [2.24, 2.45) is 10.7 Å². The smallest absolute Gasteiger partial charge is 0.346 e. The summed E-state index contributed by atoms with van der Waals surface area (Å²) in [4.78, 5) is 44.0. The minimum atomic E-state index is -1.30. The highest BCUT2D eigenvalue weighted by atomic mass is 32.2. The molecule has 0 fully saturated rings. The molecule has 0 saturated carbocycles. The number of ketones is 1. The predicted octanol–water partition coefficient (Wildman–Crippen LogP) is 4.49. The number of Topliss-reactive ketones (excluding diaryl/α,β-unsaturated/α-hetero) is 1. The molecule has 0 radical (unpaired) electrons. The molecule has 0 amide bonds. The second kappa shape index (κ2) is 11.8. The highest BCUT2D eigenvalue weighted by molar-refractivity contribution is 7.99. The standard InChI is InChI=1S/C26H29N3O5S/c1-4-29(5-2)16-11-12-18-23(13-16)34-26(33)19(24(18)35-6-3)15-28-21-10-8-7-9-17(21)22(30)14-20(27)25(31)32/h7-13,15,20H,4-6,14,27H2,1-3H3,(H,31,32). The fraction of sp³-hybridized carbons (Fsp3) is 0.308. The molecule has 0 aliphatic heterocycles. The summed E-state index contributed by atoms with van der Waals surface area (Å²) in [5.41, 5.74) is 7.33. The van der Waals surface area contributed by atoms with E-state index in [1.165, 1.54) is 18.0 Å². The zero-order valence-corrected chi connectivity index (χ0v) is 20.8. The van der Waals surface area contributed by atoms with Crippen LogP contribution in [-0.4, -0.2) is 48.0 Å². The number of anilines is 1. The SMILES string of the molecule is CCSc1c(C=Nc2ccccc2C(=O)CC(N)C(=O)O)c(=O)oc2cc(N(CC)CC)ccc12. The Morgan fingerprint density at radius 1 is 1.17 bits per heavy atom. The average Bonchev–Trinajstić information content (AvgIpc) is 2.84. The van der Waals surface area contributed by atoms with Crippen molar-refractivity contribution in [3.8, 4) is 0 Å². The number of thioether (sulfide) groups is 1. The van der Waals surface area contributed by atoms with Crippen molar-refractivity contribution in [2.45, 2.75) is 38.1 Å². The predicted molar refractivity (Wildman–Crippen MR) is 141 cm³/mol. The molecule has 0 spiro atoms. The molecule has 1 unspecified atom stereocenters. The van der Waals surface area contributed by atoms with Gasteiger partial charge in [0.1, 0.15) is 11.6 Å². The van der Waals surface area contributed by atoms with E-state index in [1.807, 2.05) is 25.1 Å². The van der Waals surface area contributed by atoms with E-state index in [4.69, 9.17) is 15.3 Å². The van der Waals surface area contributed by atoms with Gasteiger partial charge in [0.2, 0.25) is 0 Å². The van der Waals surface area contributed by atoms with Gasteiger partial charge < -0.3 is 20.2 Å². The van der Waals surface area contributed by atoms with Crippen LogP contribution in [-0.2, 0) is 4.79 Å². The molecule has 0 aliphatic rings. The molecule has 0 saturated heterocycles. The summed E-state index contributed by atoms with van der Waals surface area (Å²) < 4.78 is 5.67. The van der Waals surface area contributed by atoms with E-state index in [0.717, 1.165) is 34.8 Å². The van der Waals surface area contributed by atoms with E-state index in [-0.39, 0.29) is 12.0 Å². The van der Waals surface area contributed by atoms with Crippen LogP contribution in [0, 0.1) is 0 Å². The van der Waals surface area contributed by atoms with E-state index in [1.54, 1.807) is 24.3 Å². The summed E-state index contributed by atoms with van der Waals surface area (Å²) in [5.74, 6) is -0.955. The molecule has 35 heavy (non-hydrogen) atoms. The van der Waals surface area contributed by atoms with Crippen molar-refractivity contribution < 1.29 is 19.1 Å². The van der Waals surface area contributed by atoms with Gasteiger partial charge >= 0.3 is 11.6 Å². The maximum Gasteiger partial charge on any atom is 0.346 e. The first-order chi connectivity index (χ1) is 16.8. The Morgan fingerprint density at radius 2 is 1.89 bits per heavy atom. The first-order valence-corrected chi connectivity index (χ1v) is 12.4. The largest absolute Gasteiger partial charge is 0.480 e. The number of benzene rings is 2. The monoisotopic (exact) mass is 495 g/mol. The lowest BCUT2D eigenvalue weighted by atomic mass is 10.0. The quantitative estimate of drug-likeness (QED) is 0.172. The molecule has 8 nitrogen and oxygen atoms in total. The number of nitrogens with two attached hydrogens (primary N) is 1. The fourth-order valence-electron chi connectivity index (χ4n) is 3.73. The van der Waals surface area contributed by atoms with Crippen LogP contribution < -0.4 is 16.3 Å². The van der Waals surface area contributed by atoms with Crippen LogP contribution in [0.25, 0.3) is 11.0 Å². The molecule has 184 valence electrons. The molecule has 1 heterocycles. The molecule has 1 atom stereocenters. The summed E-state index contributed by atoms with van der Waals surface area (Å²) in [6.07, 6.45) is 1.05. The van der Waals surface area contributed by atoms with Gasteiger partial charge in [-0.2, -0.15) is 0 Å². The number of carbonyl (C=O) groups excluding carboxylic acids is 1. The maximum atomic E-state index is 13.0. The van der Waals surface area contributed by atoms with E-state index < -0.39 is 23.4 Å². The summed E-state index contributed by atoms with van der Waals surface area (Å²) >= 11 is 1.52. The molecule has 0 aliphatic carbocycles. The topological polar surface area (TPSA) is 126 Å². The zero-order valence-electron chi connectivity index (χ0n) is 20.0. The molecule has 3 rings (SSSR count). The molecule has 3 N–H and O–H groups in total. The van der Waals surface area contributed by atoms with Crippen LogP contribution in [0.3, 0.4) is 0 Å². The number of nitrogens with zero attached hydrogens (tertiary/aromatic N) is 2. The second-order valence-electron chi connectivity index (χ2n) is 7.77. The lowest BCUT2D eigenvalue weighted by molar-refractivity contribution is -0.138. The Hall–Kier alpha value is -3.43. The van der Waals surface area contributed by atoms with E-state index in [9.17, 15) is 14.4 Å². The van der Waals surface area contributed by atoms with E-state index in [2.05, 4.69) is 23.7 Å². The average molecular weight is 496 g/mol. The van der Waals surface area contributed by atoms with Crippen LogP contribution in [0.15, 0.2) is 61.6 Å². The minimum absolute atomic E-state index is 0.235. The number of carboxylic acids is 1. The first kappa shape index (κ1) is 26.2. The number of rotatable bonds is 11. The number of aliphatic imine (C=N–C) groups is 1. The Labute approximate surface area is 207 Å². The zero-order chi connectivity index (χ0) is 25.5. The third kappa shape index (κ3) is 5.98. The van der Waals surface area contributed by atoms with Crippen LogP contribution in [0.4, 0.5) is 11.4 Å². The third-order valence-electron chi connectivity index (χ3n) is 5.55. The van der Waals surface area contributed by atoms with E-state index in [0.29, 0.717) is 16.8 Å². The Balaban J connectivity index is 2.05. The minimum Gasteiger partial charge on any atom is -0.480 e. The highest BCUT2D eigenvalue weighted by Gasteiger charge is 2.20. The number of aliphatic carboxylic acids is 1. The molecule has 3 aromatic rings. The van der Waals surface area contributed by atoms with Gasteiger partial charge in [-0.15, -0.1) is 11.8 Å². The Kier molecular flexibility index (Phi) is 8.84.